The fraction of sp³-hybridized carbons (Fsp3) is 0.238. The van der Waals surface area contributed by atoms with Gasteiger partial charge in [-0.25, -0.2) is 0 Å². The van der Waals surface area contributed by atoms with E-state index >= 15 is 0 Å². The average molecular weight is 429 g/mol. The van der Waals surface area contributed by atoms with E-state index in [1.54, 1.807) is 47.0 Å². The number of methoxy groups -OCH3 is 1. The summed E-state index contributed by atoms with van der Waals surface area (Å²) in [6.45, 7) is 3.47. The molecule has 156 valence electrons. The summed E-state index contributed by atoms with van der Waals surface area (Å²) >= 11 is 5.97. The standard InChI is InChI=1S/C21H21ClN4O4/c1-12(2)26-17-9-8-13(30-3)10-15(17)19(21(26)29)25-24-18(27)11-23-20(28)14-6-4-5-7-16(14)22/h4-10,12,29H,11H2,1-3H3,(H,23,28). The molecule has 0 fully saturated rings. The molecule has 0 bridgehead atoms. The molecule has 0 aliphatic carbocycles. The molecule has 1 heterocycles. The Morgan fingerprint density at radius 3 is 2.63 bits per heavy atom. The van der Waals surface area contributed by atoms with Crippen LogP contribution in [0.25, 0.3) is 10.9 Å². The summed E-state index contributed by atoms with van der Waals surface area (Å²) in [6, 6.07) is 11.8. The van der Waals surface area contributed by atoms with Gasteiger partial charge in [0.2, 0.25) is 5.88 Å². The van der Waals surface area contributed by atoms with Crippen LogP contribution in [0.1, 0.15) is 30.2 Å². The Morgan fingerprint density at radius 1 is 1.23 bits per heavy atom. The van der Waals surface area contributed by atoms with E-state index in [2.05, 4.69) is 15.5 Å². The van der Waals surface area contributed by atoms with Gasteiger partial charge in [0.1, 0.15) is 12.3 Å². The lowest BCUT2D eigenvalue weighted by atomic mass is 10.2. The molecule has 2 aromatic carbocycles. The molecule has 0 atom stereocenters. The average Bonchev–Trinajstić information content (AvgIpc) is 3.01. The van der Waals surface area contributed by atoms with Gasteiger partial charge in [0.05, 0.1) is 23.2 Å². The number of carbonyl (C=O) groups excluding carboxylic acids is 2. The van der Waals surface area contributed by atoms with Gasteiger partial charge in [-0.05, 0) is 44.2 Å². The van der Waals surface area contributed by atoms with E-state index in [0.717, 1.165) is 5.52 Å². The summed E-state index contributed by atoms with van der Waals surface area (Å²) in [4.78, 5) is 24.3. The minimum Gasteiger partial charge on any atom is -0.497 e. The molecule has 8 nitrogen and oxygen atoms in total. The van der Waals surface area contributed by atoms with E-state index in [-0.39, 0.29) is 34.7 Å². The minimum atomic E-state index is -0.678. The normalized spacial score (nSPS) is 11.4. The molecule has 0 aliphatic rings. The monoisotopic (exact) mass is 428 g/mol. The molecule has 3 rings (SSSR count). The maximum Gasteiger partial charge on any atom is 0.283 e. The van der Waals surface area contributed by atoms with Gasteiger partial charge < -0.3 is 19.7 Å². The number of hydrogen-bond acceptors (Lipinski definition) is 5. The van der Waals surface area contributed by atoms with E-state index in [1.165, 1.54) is 7.11 Å². The second-order valence-electron chi connectivity index (χ2n) is 6.78. The van der Waals surface area contributed by atoms with Gasteiger partial charge in [-0.2, -0.15) is 0 Å². The first-order valence-electron chi connectivity index (χ1n) is 9.21. The van der Waals surface area contributed by atoms with Gasteiger partial charge in [0, 0.05) is 11.4 Å². The maximum absolute atomic E-state index is 12.1. The Morgan fingerprint density at radius 2 is 1.97 bits per heavy atom. The summed E-state index contributed by atoms with van der Waals surface area (Å²) < 4.78 is 6.93. The van der Waals surface area contributed by atoms with Gasteiger partial charge in [-0.1, -0.05) is 23.7 Å². The first kappa shape index (κ1) is 21.3. The van der Waals surface area contributed by atoms with Crippen LogP contribution >= 0.6 is 11.6 Å². The lowest BCUT2D eigenvalue weighted by Gasteiger charge is -2.10. The molecule has 0 saturated heterocycles. The summed E-state index contributed by atoms with van der Waals surface area (Å²) in [6.07, 6.45) is 0. The van der Waals surface area contributed by atoms with E-state index in [4.69, 9.17) is 16.3 Å². The van der Waals surface area contributed by atoms with Crippen LogP contribution in [0, 0.1) is 0 Å². The predicted octanol–water partition coefficient (Wildman–Crippen LogP) is 4.63. The van der Waals surface area contributed by atoms with Crippen molar-refractivity contribution in [2.45, 2.75) is 19.9 Å². The summed E-state index contributed by atoms with van der Waals surface area (Å²) in [5.74, 6) is -0.695. The molecule has 0 unspecified atom stereocenters. The fourth-order valence-electron chi connectivity index (χ4n) is 3.05. The summed E-state index contributed by atoms with van der Waals surface area (Å²) in [5, 5.41) is 21.6. The molecule has 0 saturated carbocycles. The molecule has 0 radical (unpaired) electrons. The summed E-state index contributed by atoms with van der Waals surface area (Å²) in [5.41, 5.74) is 1.15. The number of aromatic nitrogens is 1. The number of azo groups is 1. The third kappa shape index (κ3) is 4.28. The number of fused-ring (bicyclic) bond motifs is 1. The van der Waals surface area contributed by atoms with Crippen LogP contribution in [0.15, 0.2) is 52.7 Å². The first-order chi connectivity index (χ1) is 14.3. The third-order valence-electron chi connectivity index (χ3n) is 4.45. The Kier molecular flexibility index (Phi) is 6.37. The second-order valence-corrected chi connectivity index (χ2v) is 7.18. The minimum absolute atomic E-state index is 0.0459. The highest BCUT2D eigenvalue weighted by molar-refractivity contribution is 6.33. The fourth-order valence-corrected chi connectivity index (χ4v) is 3.27. The van der Waals surface area contributed by atoms with Crippen LogP contribution < -0.4 is 10.1 Å². The van der Waals surface area contributed by atoms with E-state index < -0.39 is 11.8 Å². The number of nitrogens with zero attached hydrogens (tertiary/aromatic N) is 3. The molecule has 30 heavy (non-hydrogen) atoms. The summed E-state index contributed by atoms with van der Waals surface area (Å²) in [7, 11) is 1.53. The molecule has 2 N–H and O–H groups in total. The number of benzene rings is 2. The highest BCUT2D eigenvalue weighted by Gasteiger charge is 2.19. The highest BCUT2D eigenvalue weighted by Crippen LogP contribution is 2.42. The zero-order valence-corrected chi connectivity index (χ0v) is 17.5. The van der Waals surface area contributed by atoms with Crippen molar-refractivity contribution in [2.75, 3.05) is 13.7 Å². The second kappa shape index (κ2) is 8.96. The number of amides is 2. The number of nitrogens with one attached hydrogen (secondary N) is 1. The van der Waals surface area contributed by atoms with Gasteiger partial charge in [-0.15, -0.1) is 10.2 Å². The van der Waals surface area contributed by atoms with Crippen LogP contribution in [0.5, 0.6) is 11.6 Å². The van der Waals surface area contributed by atoms with Crippen molar-refractivity contribution in [3.8, 4) is 11.6 Å². The topological polar surface area (TPSA) is 105 Å². The maximum atomic E-state index is 12.1. The van der Waals surface area contributed by atoms with Crippen molar-refractivity contribution >= 4 is 40.0 Å². The van der Waals surface area contributed by atoms with Crippen molar-refractivity contribution in [3.05, 3.63) is 53.1 Å². The Bertz CT molecular complexity index is 1140. The van der Waals surface area contributed by atoms with E-state index in [1.807, 2.05) is 13.8 Å². The number of carbonyl (C=O) groups is 2. The van der Waals surface area contributed by atoms with Crippen molar-refractivity contribution in [1.29, 1.82) is 0 Å². The number of hydrogen-bond donors (Lipinski definition) is 2. The molecule has 0 aliphatic heterocycles. The number of ether oxygens (including phenoxy) is 1. The SMILES string of the molecule is COc1ccc2c(c1)c(N=NC(=O)CNC(=O)c1ccccc1Cl)c(O)n2C(C)C. The molecular formula is C21H21ClN4O4. The van der Waals surface area contributed by atoms with Crippen molar-refractivity contribution < 1.29 is 19.4 Å². The van der Waals surface area contributed by atoms with Crippen molar-refractivity contribution in [3.63, 3.8) is 0 Å². The van der Waals surface area contributed by atoms with Gasteiger partial charge in [0.15, 0.2) is 5.69 Å². The molecule has 2 amide bonds. The zero-order chi connectivity index (χ0) is 21.8. The van der Waals surface area contributed by atoms with Gasteiger partial charge in [-0.3, -0.25) is 9.59 Å². The van der Waals surface area contributed by atoms with Crippen LogP contribution in [0.4, 0.5) is 5.69 Å². The Hall–Kier alpha value is -3.39. The quantitative estimate of drug-likeness (QED) is 0.558. The van der Waals surface area contributed by atoms with Gasteiger partial charge in [0.25, 0.3) is 11.8 Å². The predicted molar refractivity (Wildman–Crippen MR) is 114 cm³/mol. The third-order valence-corrected chi connectivity index (χ3v) is 4.78. The molecule has 9 heteroatoms. The molecular weight excluding hydrogens is 408 g/mol. The van der Waals surface area contributed by atoms with Crippen LogP contribution in [0.3, 0.4) is 0 Å². The Labute approximate surface area is 178 Å². The van der Waals surface area contributed by atoms with E-state index in [9.17, 15) is 14.7 Å². The lowest BCUT2D eigenvalue weighted by Crippen LogP contribution is -2.28. The van der Waals surface area contributed by atoms with E-state index in [0.29, 0.717) is 11.1 Å². The molecule has 0 spiro atoms. The zero-order valence-electron chi connectivity index (χ0n) is 16.7. The van der Waals surface area contributed by atoms with Crippen molar-refractivity contribution in [2.24, 2.45) is 10.2 Å². The Balaban J connectivity index is 1.81. The molecule has 1 aromatic heterocycles. The van der Waals surface area contributed by atoms with Crippen LogP contribution in [-0.4, -0.2) is 35.1 Å². The van der Waals surface area contributed by atoms with Crippen LogP contribution in [-0.2, 0) is 4.79 Å². The number of aromatic hydroxyl groups is 1. The lowest BCUT2D eigenvalue weighted by molar-refractivity contribution is -0.117. The number of rotatable bonds is 6. The van der Waals surface area contributed by atoms with Gasteiger partial charge >= 0.3 is 0 Å². The smallest absolute Gasteiger partial charge is 0.283 e. The first-order valence-corrected chi connectivity index (χ1v) is 9.59. The van der Waals surface area contributed by atoms with Crippen molar-refractivity contribution in [1.82, 2.24) is 9.88 Å². The van der Waals surface area contributed by atoms with Crippen LogP contribution in [0.2, 0.25) is 5.02 Å². The number of halogens is 1. The highest BCUT2D eigenvalue weighted by atomic mass is 35.5. The largest absolute Gasteiger partial charge is 0.497 e. The molecule has 3 aromatic rings.